The number of hydrogen-bond acceptors (Lipinski definition) is 7. The minimum atomic E-state index is -3.85. The van der Waals surface area contributed by atoms with Crippen LogP contribution in [0.25, 0.3) is 0 Å². The molecule has 2 aromatic rings. The number of guanidine groups is 1. The molecule has 0 spiro atoms. The number of halogens is 1. The highest BCUT2D eigenvalue weighted by Gasteiger charge is 2.49. The Balaban J connectivity index is 2.11. The van der Waals surface area contributed by atoms with Crippen LogP contribution in [0.4, 0.5) is 0 Å². The molecule has 0 aromatic heterocycles. The van der Waals surface area contributed by atoms with E-state index < -0.39 is 15.7 Å². The molecule has 1 aliphatic rings. The molecule has 1 unspecified atom stereocenters. The van der Waals surface area contributed by atoms with E-state index in [9.17, 15) is 13.2 Å². The smallest absolute Gasteiger partial charge is 0.311 e. The van der Waals surface area contributed by atoms with Gasteiger partial charge in [-0.05, 0) is 35.4 Å². The predicted molar refractivity (Wildman–Crippen MR) is 112 cm³/mol. The summed E-state index contributed by atoms with van der Waals surface area (Å²) in [6.45, 7) is 0.00805. The lowest BCUT2D eigenvalue weighted by Crippen LogP contribution is -2.41. The molecule has 1 heterocycles. The molecule has 8 nitrogen and oxygen atoms in total. The van der Waals surface area contributed by atoms with Crippen LogP contribution in [-0.2, 0) is 25.2 Å². The van der Waals surface area contributed by atoms with Crippen LogP contribution < -0.4 is 9.92 Å². The highest BCUT2D eigenvalue weighted by Crippen LogP contribution is 2.41. The molecule has 2 aromatic carbocycles. The zero-order valence-electron chi connectivity index (χ0n) is 15.8. The zero-order chi connectivity index (χ0) is 21.2. The van der Waals surface area contributed by atoms with Gasteiger partial charge in [-0.2, -0.15) is 8.42 Å². The summed E-state index contributed by atoms with van der Waals surface area (Å²) >= 11 is 3.41. The summed E-state index contributed by atoms with van der Waals surface area (Å²) in [7, 11) is -0.908. The van der Waals surface area contributed by atoms with E-state index in [1.807, 2.05) is 6.07 Å². The molecule has 0 fully saturated rings. The van der Waals surface area contributed by atoms with E-state index in [0.717, 1.165) is 4.47 Å². The summed E-state index contributed by atoms with van der Waals surface area (Å²) in [5.74, 6) is -0.511. The molecule has 2 N–H and O–H groups in total. The Morgan fingerprint density at radius 2 is 1.83 bits per heavy atom. The lowest BCUT2D eigenvalue weighted by molar-refractivity contribution is -0.129. The first-order valence-electron chi connectivity index (χ1n) is 8.61. The molecule has 0 aliphatic carbocycles. The van der Waals surface area contributed by atoms with E-state index >= 15 is 0 Å². The monoisotopic (exact) mass is 481 g/mol. The SMILES string of the molecule is COCCS(=O)(=O)Oc1cccc(C2(c3cccc(Br)c3)N=C(N)N(C)C2=O)c1. The Kier molecular flexibility index (Phi) is 5.97. The zero-order valence-corrected chi connectivity index (χ0v) is 18.2. The van der Waals surface area contributed by atoms with E-state index in [-0.39, 0.29) is 30.0 Å². The van der Waals surface area contributed by atoms with Gasteiger partial charge in [-0.25, -0.2) is 4.99 Å². The molecule has 0 radical (unpaired) electrons. The second kappa shape index (κ2) is 8.13. The van der Waals surface area contributed by atoms with Gasteiger partial charge in [0.15, 0.2) is 11.5 Å². The number of likely N-dealkylation sites (N-methyl/N-ethyl adjacent to an activating group) is 1. The maximum atomic E-state index is 13.2. The van der Waals surface area contributed by atoms with Gasteiger partial charge in [-0.1, -0.05) is 40.2 Å². The lowest BCUT2D eigenvalue weighted by atomic mass is 9.83. The summed E-state index contributed by atoms with van der Waals surface area (Å²) in [6, 6.07) is 13.4. The average Bonchev–Trinajstić information content (AvgIpc) is 2.91. The number of nitrogens with two attached hydrogens (primary N) is 1. The van der Waals surface area contributed by atoms with Crippen LogP contribution in [0.15, 0.2) is 58.0 Å². The molecule has 29 heavy (non-hydrogen) atoms. The summed E-state index contributed by atoms with van der Waals surface area (Å²) in [6.07, 6.45) is 0. The number of benzene rings is 2. The molecule has 10 heteroatoms. The minimum Gasteiger partial charge on any atom is -0.383 e. The molecule has 1 aliphatic heterocycles. The molecule has 0 saturated heterocycles. The van der Waals surface area contributed by atoms with Gasteiger partial charge in [-0.15, -0.1) is 0 Å². The highest BCUT2D eigenvalue weighted by atomic mass is 79.9. The number of amides is 1. The number of nitrogens with zero attached hydrogens (tertiary/aromatic N) is 2. The second-order valence-corrected chi connectivity index (χ2v) is 9.03. The molecule has 0 bridgehead atoms. The average molecular weight is 482 g/mol. The normalized spacial score (nSPS) is 19.3. The quantitative estimate of drug-likeness (QED) is 0.603. The number of rotatable bonds is 7. The van der Waals surface area contributed by atoms with Gasteiger partial charge in [-0.3, -0.25) is 9.69 Å². The highest BCUT2D eigenvalue weighted by molar-refractivity contribution is 9.10. The standard InChI is InChI=1S/C19H20BrN3O5S/c1-23-17(24)19(22-18(23)21,13-5-3-7-15(20)11-13)14-6-4-8-16(12-14)28-29(25,26)10-9-27-2/h3-8,11-12H,9-10H2,1-2H3,(H2,21,22). The van der Waals surface area contributed by atoms with Gasteiger partial charge < -0.3 is 14.7 Å². The molecule has 154 valence electrons. The molecule has 0 saturated carbocycles. The largest absolute Gasteiger partial charge is 0.383 e. The number of ether oxygens (including phenoxy) is 1. The Morgan fingerprint density at radius 1 is 1.17 bits per heavy atom. The van der Waals surface area contributed by atoms with Crippen molar-refractivity contribution in [3.05, 3.63) is 64.1 Å². The van der Waals surface area contributed by atoms with Gasteiger partial charge in [0, 0.05) is 18.6 Å². The first-order chi connectivity index (χ1) is 13.7. The van der Waals surface area contributed by atoms with E-state index in [4.69, 9.17) is 14.7 Å². The van der Waals surface area contributed by atoms with Crippen molar-refractivity contribution in [3.8, 4) is 5.75 Å². The number of hydrogen-bond donors (Lipinski definition) is 1. The van der Waals surface area contributed by atoms with E-state index in [1.165, 1.54) is 31.2 Å². The lowest BCUT2D eigenvalue weighted by Gasteiger charge is -2.26. The fraction of sp³-hybridized carbons (Fsp3) is 0.263. The van der Waals surface area contributed by atoms with Crippen molar-refractivity contribution in [1.82, 2.24) is 4.90 Å². The molecular weight excluding hydrogens is 462 g/mol. The fourth-order valence-corrected chi connectivity index (χ4v) is 4.29. The van der Waals surface area contributed by atoms with Crippen molar-refractivity contribution in [2.24, 2.45) is 10.7 Å². The summed E-state index contributed by atoms with van der Waals surface area (Å²) in [4.78, 5) is 19.0. The summed E-state index contributed by atoms with van der Waals surface area (Å²) in [5.41, 5.74) is 5.53. The summed E-state index contributed by atoms with van der Waals surface area (Å²) in [5, 5.41) is 0. The van der Waals surface area contributed by atoms with E-state index in [1.54, 1.807) is 30.3 Å². The first kappa shape index (κ1) is 21.3. The van der Waals surface area contributed by atoms with Crippen LogP contribution in [0.2, 0.25) is 0 Å². The van der Waals surface area contributed by atoms with Gasteiger partial charge in [0.05, 0.1) is 6.61 Å². The predicted octanol–water partition coefficient (Wildman–Crippen LogP) is 1.83. The van der Waals surface area contributed by atoms with Crippen molar-refractivity contribution in [3.63, 3.8) is 0 Å². The number of carbonyl (C=O) groups is 1. The number of methoxy groups -OCH3 is 1. The third-order valence-corrected chi connectivity index (χ3v) is 6.10. The van der Waals surface area contributed by atoms with Crippen LogP contribution in [0.5, 0.6) is 5.75 Å². The van der Waals surface area contributed by atoms with Gasteiger partial charge in [0.2, 0.25) is 0 Å². The number of carbonyl (C=O) groups excluding carboxylic acids is 1. The molecule has 3 rings (SSSR count). The van der Waals surface area contributed by atoms with Crippen molar-refractivity contribution in [2.45, 2.75) is 5.54 Å². The minimum absolute atomic E-state index is 0.00805. The van der Waals surface area contributed by atoms with Crippen LogP contribution in [0, 0.1) is 0 Å². The van der Waals surface area contributed by atoms with Gasteiger partial charge in [0.1, 0.15) is 11.5 Å². The Hall–Kier alpha value is -2.43. The van der Waals surface area contributed by atoms with Crippen LogP contribution in [-0.4, -0.2) is 51.7 Å². The van der Waals surface area contributed by atoms with Crippen LogP contribution in [0.3, 0.4) is 0 Å². The fourth-order valence-electron chi connectivity index (χ4n) is 3.04. The topological polar surface area (TPSA) is 111 Å². The van der Waals surface area contributed by atoms with Crippen molar-refractivity contribution in [2.75, 3.05) is 26.5 Å². The summed E-state index contributed by atoms with van der Waals surface area (Å²) < 4.78 is 35.0. The second-order valence-electron chi connectivity index (χ2n) is 6.42. The van der Waals surface area contributed by atoms with Crippen LogP contribution in [0.1, 0.15) is 11.1 Å². The van der Waals surface area contributed by atoms with Gasteiger partial charge in [0.25, 0.3) is 5.91 Å². The Labute approximate surface area is 177 Å². The van der Waals surface area contributed by atoms with Crippen molar-refractivity contribution >= 4 is 37.9 Å². The Morgan fingerprint density at radius 3 is 2.41 bits per heavy atom. The Bertz CT molecular complexity index is 1070. The molecule has 1 amide bonds. The third kappa shape index (κ3) is 4.14. The molecule has 1 atom stereocenters. The van der Waals surface area contributed by atoms with Crippen molar-refractivity contribution in [1.29, 1.82) is 0 Å². The number of aliphatic imine (C=N–C) groups is 1. The third-order valence-electron chi connectivity index (χ3n) is 4.49. The van der Waals surface area contributed by atoms with E-state index in [2.05, 4.69) is 20.9 Å². The van der Waals surface area contributed by atoms with Crippen molar-refractivity contribution < 1.29 is 22.1 Å². The van der Waals surface area contributed by atoms with Gasteiger partial charge >= 0.3 is 10.1 Å². The first-order valence-corrected chi connectivity index (χ1v) is 11.0. The maximum absolute atomic E-state index is 13.2. The molecular formula is C19H20BrN3O5S. The van der Waals surface area contributed by atoms with Crippen LogP contribution >= 0.6 is 15.9 Å². The van der Waals surface area contributed by atoms with E-state index in [0.29, 0.717) is 11.1 Å². The maximum Gasteiger partial charge on any atom is 0.311 e.